The number of ether oxygens (including phenoxy) is 2. The van der Waals surface area contributed by atoms with Crippen LogP contribution in [0.3, 0.4) is 0 Å². The zero-order chi connectivity index (χ0) is 19.6. The van der Waals surface area contributed by atoms with E-state index < -0.39 is 5.79 Å². The van der Waals surface area contributed by atoms with E-state index in [0.29, 0.717) is 12.9 Å². The predicted octanol–water partition coefficient (Wildman–Crippen LogP) is 4.47. The summed E-state index contributed by atoms with van der Waals surface area (Å²) in [5, 5.41) is 0. The zero-order valence-corrected chi connectivity index (χ0v) is 16.6. The molecule has 0 aromatic heterocycles. The molecule has 1 aliphatic rings. The van der Waals surface area contributed by atoms with E-state index >= 15 is 0 Å². The molecule has 0 unspecified atom stereocenters. The fraction of sp³-hybridized carbons (Fsp3) is 0.409. The van der Waals surface area contributed by atoms with Gasteiger partial charge in [-0.15, -0.1) is 5.48 Å². The van der Waals surface area contributed by atoms with Gasteiger partial charge in [-0.3, -0.25) is 4.79 Å². The molecule has 0 bridgehead atoms. The third-order valence-electron chi connectivity index (χ3n) is 5.39. The Kier molecular flexibility index (Phi) is 5.42. The summed E-state index contributed by atoms with van der Waals surface area (Å²) in [6, 6.07) is 10.2. The van der Waals surface area contributed by atoms with Crippen LogP contribution >= 0.6 is 0 Å². The lowest BCUT2D eigenvalue weighted by Gasteiger charge is -2.36. The first-order valence-corrected chi connectivity index (χ1v) is 9.26. The van der Waals surface area contributed by atoms with Crippen molar-refractivity contribution < 1.29 is 19.1 Å². The molecule has 1 aliphatic heterocycles. The molecule has 5 nitrogen and oxygen atoms in total. The third kappa shape index (κ3) is 3.78. The van der Waals surface area contributed by atoms with Crippen LogP contribution in [0.2, 0.25) is 0 Å². The first kappa shape index (κ1) is 19.2. The maximum absolute atomic E-state index is 10.8. The molecular formula is C22H27NO4. The molecule has 5 heteroatoms. The summed E-state index contributed by atoms with van der Waals surface area (Å²) in [4.78, 5) is 16.8. The Hall–Kier alpha value is -2.53. The van der Waals surface area contributed by atoms with Gasteiger partial charge in [-0.05, 0) is 45.2 Å². The van der Waals surface area contributed by atoms with Crippen molar-refractivity contribution in [2.75, 3.05) is 0 Å². The molecule has 0 spiro atoms. The van der Waals surface area contributed by atoms with Gasteiger partial charge in [0.25, 0.3) is 12.3 Å². The summed E-state index contributed by atoms with van der Waals surface area (Å²) in [5.41, 5.74) is 8.48. The Morgan fingerprint density at radius 3 is 2.52 bits per heavy atom. The minimum absolute atomic E-state index is 0.0573. The molecule has 1 N–H and O–H groups in total. The quantitative estimate of drug-likeness (QED) is 0.601. The summed E-state index contributed by atoms with van der Waals surface area (Å²) < 4.78 is 11.2. The number of fused-ring (bicyclic) bond motifs is 1. The van der Waals surface area contributed by atoms with Gasteiger partial charge < -0.3 is 14.3 Å². The van der Waals surface area contributed by atoms with E-state index in [1.165, 1.54) is 0 Å². The van der Waals surface area contributed by atoms with Gasteiger partial charge in [-0.1, -0.05) is 30.3 Å². The smallest absolute Gasteiger partial charge is 0.296 e. The van der Waals surface area contributed by atoms with Gasteiger partial charge in [-0.25, -0.2) is 0 Å². The maximum Gasteiger partial charge on any atom is 0.296 e. The Bertz CT molecular complexity index is 834. The van der Waals surface area contributed by atoms with Crippen molar-refractivity contribution in [1.82, 2.24) is 5.48 Å². The van der Waals surface area contributed by atoms with E-state index in [0.717, 1.165) is 45.7 Å². The number of nitrogens with one attached hydrogen (secondary N) is 1. The fourth-order valence-electron chi connectivity index (χ4n) is 3.51. The largest absolute Gasteiger partial charge is 0.452 e. The second kappa shape index (κ2) is 7.61. The van der Waals surface area contributed by atoms with Crippen LogP contribution in [0.15, 0.2) is 30.3 Å². The molecule has 0 aliphatic carbocycles. The molecule has 0 fully saturated rings. The molecule has 2 aromatic rings. The minimum atomic E-state index is -0.916. The normalized spacial score (nSPS) is 19.6. The second-order valence-electron chi connectivity index (χ2n) is 7.31. The van der Waals surface area contributed by atoms with Gasteiger partial charge in [0, 0.05) is 30.0 Å². The van der Waals surface area contributed by atoms with Crippen molar-refractivity contribution >= 4 is 6.47 Å². The van der Waals surface area contributed by atoms with Crippen molar-refractivity contribution in [1.29, 1.82) is 0 Å². The lowest BCUT2D eigenvalue weighted by atomic mass is 9.91. The van der Waals surface area contributed by atoms with Crippen LogP contribution in [-0.4, -0.2) is 12.3 Å². The number of benzene rings is 2. The number of hydrogen-bond donors (Lipinski definition) is 1. The van der Waals surface area contributed by atoms with Gasteiger partial charge in [0.15, 0.2) is 5.75 Å². The number of carbonyl (C=O) groups is 1. The first-order valence-electron chi connectivity index (χ1n) is 9.26. The molecule has 27 heavy (non-hydrogen) atoms. The highest BCUT2D eigenvalue weighted by Crippen LogP contribution is 2.43. The molecule has 0 saturated heterocycles. The Labute approximate surface area is 160 Å². The molecule has 0 radical (unpaired) electrons. The van der Waals surface area contributed by atoms with E-state index in [1.807, 2.05) is 39.0 Å². The van der Waals surface area contributed by atoms with Crippen LogP contribution in [-0.2, 0) is 16.0 Å². The third-order valence-corrected chi connectivity index (χ3v) is 5.39. The summed E-state index contributed by atoms with van der Waals surface area (Å²) in [7, 11) is 0. The standard InChI is InChI=1S/C22H27NO4/c1-14-15(2)21-19(11-12-22(5,26-21)25-13-24)16(3)20(14)27-23-17(4)18-9-7-6-8-10-18/h6-10,13,17,23H,11-12H2,1-5H3/t17-,22+/m1/s1. The summed E-state index contributed by atoms with van der Waals surface area (Å²) >= 11 is 0. The van der Waals surface area contributed by atoms with Crippen LogP contribution in [0.4, 0.5) is 0 Å². The van der Waals surface area contributed by atoms with Crippen LogP contribution in [0, 0.1) is 20.8 Å². The van der Waals surface area contributed by atoms with E-state index in [1.54, 1.807) is 6.92 Å². The molecule has 2 atom stereocenters. The Morgan fingerprint density at radius 1 is 1.15 bits per heavy atom. The average molecular weight is 369 g/mol. The summed E-state index contributed by atoms with van der Waals surface area (Å²) in [5.74, 6) is 0.711. The van der Waals surface area contributed by atoms with Crippen molar-refractivity contribution in [2.45, 2.75) is 59.3 Å². The number of rotatable bonds is 6. The molecule has 2 aromatic carbocycles. The highest BCUT2D eigenvalue weighted by Gasteiger charge is 2.36. The summed E-state index contributed by atoms with van der Waals surface area (Å²) in [6.45, 7) is 10.4. The topological polar surface area (TPSA) is 56.8 Å². The van der Waals surface area contributed by atoms with Crippen molar-refractivity contribution in [2.24, 2.45) is 0 Å². The molecule has 0 saturated carbocycles. The Morgan fingerprint density at radius 2 is 1.85 bits per heavy atom. The SMILES string of the molecule is Cc1c(C)c2c(c(C)c1ON[C@H](C)c1ccccc1)CC[C@@](C)(OC=O)O2. The highest BCUT2D eigenvalue weighted by molar-refractivity contribution is 5.59. The minimum Gasteiger partial charge on any atom is -0.452 e. The van der Waals surface area contributed by atoms with Crippen molar-refractivity contribution in [3.8, 4) is 11.5 Å². The van der Waals surface area contributed by atoms with Crippen LogP contribution < -0.4 is 15.1 Å². The average Bonchev–Trinajstić information content (AvgIpc) is 2.66. The van der Waals surface area contributed by atoms with Gasteiger partial charge in [-0.2, -0.15) is 0 Å². The Balaban J connectivity index is 1.86. The fourth-order valence-corrected chi connectivity index (χ4v) is 3.51. The number of hydrogen-bond acceptors (Lipinski definition) is 5. The number of hydroxylamine groups is 1. The monoisotopic (exact) mass is 369 g/mol. The predicted molar refractivity (Wildman–Crippen MR) is 104 cm³/mol. The van der Waals surface area contributed by atoms with Crippen LogP contribution in [0.1, 0.15) is 54.1 Å². The molecule has 1 heterocycles. The van der Waals surface area contributed by atoms with E-state index in [-0.39, 0.29) is 6.04 Å². The maximum atomic E-state index is 10.8. The van der Waals surface area contributed by atoms with E-state index in [2.05, 4.69) is 24.5 Å². The highest BCUT2D eigenvalue weighted by atomic mass is 16.7. The lowest BCUT2D eigenvalue weighted by Crippen LogP contribution is -2.39. The van der Waals surface area contributed by atoms with Gasteiger partial charge in [0.1, 0.15) is 5.75 Å². The van der Waals surface area contributed by atoms with Gasteiger partial charge in [0.05, 0.1) is 6.04 Å². The second-order valence-corrected chi connectivity index (χ2v) is 7.31. The van der Waals surface area contributed by atoms with Gasteiger partial charge >= 0.3 is 0 Å². The number of carbonyl (C=O) groups excluding carboxylic acids is 1. The lowest BCUT2D eigenvalue weighted by molar-refractivity contribution is -0.182. The summed E-state index contributed by atoms with van der Waals surface area (Å²) in [6.07, 6.45) is 1.37. The zero-order valence-electron chi connectivity index (χ0n) is 16.6. The molecular weight excluding hydrogens is 342 g/mol. The van der Waals surface area contributed by atoms with E-state index in [4.69, 9.17) is 14.3 Å². The van der Waals surface area contributed by atoms with Crippen molar-refractivity contribution in [3.05, 3.63) is 58.1 Å². The molecule has 3 rings (SSSR count). The van der Waals surface area contributed by atoms with Gasteiger partial charge in [0.2, 0.25) is 0 Å². The van der Waals surface area contributed by atoms with Crippen molar-refractivity contribution in [3.63, 3.8) is 0 Å². The van der Waals surface area contributed by atoms with Crippen LogP contribution in [0.5, 0.6) is 11.5 Å². The van der Waals surface area contributed by atoms with Crippen LogP contribution in [0.25, 0.3) is 0 Å². The molecule has 144 valence electrons. The molecule has 0 amide bonds. The van der Waals surface area contributed by atoms with E-state index in [9.17, 15) is 4.79 Å². The first-order chi connectivity index (χ1) is 12.9.